The lowest BCUT2D eigenvalue weighted by molar-refractivity contribution is 0.0914. The molecule has 0 spiro atoms. The Morgan fingerprint density at radius 2 is 1.97 bits per heavy atom. The zero-order chi connectivity index (χ0) is 27.2. The Labute approximate surface area is 220 Å². The van der Waals surface area contributed by atoms with Gasteiger partial charge in [-0.1, -0.05) is 6.92 Å². The fourth-order valence-corrected chi connectivity index (χ4v) is 4.53. The molecule has 0 bridgehead atoms. The topological polar surface area (TPSA) is 131 Å². The van der Waals surface area contributed by atoms with Crippen LogP contribution in [0, 0.1) is 11.8 Å². The Balaban J connectivity index is 1.76. The maximum absolute atomic E-state index is 15.9. The first kappa shape index (κ1) is 27.3. The van der Waals surface area contributed by atoms with Gasteiger partial charge in [0.15, 0.2) is 11.6 Å². The first-order valence-electron chi connectivity index (χ1n) is 12.6. The monoisotopic (exact) mass is 526 g/mol. The number of hydrogen-bond donors (Lipinski definition) is 3. The van der Waals surface area contributed by atoms with Crippen molar-refractivity contribution in [1.82, 2.24) is 35.5 Å². The standard InChI is InChI=1S/C26H32F2N8O2/c1-4-36-10-6-7-17(30-3)20(14-36)35-26(37)16-11-18(15-8-9-21(31-12-15)38-5-2)33-23(22(16)27)19-13-32-25(29)24(28)34-19/h8-9,11-13,17,20,30H,4-7,10,14H2,1-3H3,(H2,29,32)(H,35,37). The van der Waals surface area contributed by atoms with E-state index in [4.69, 9.17) is 10.5 Å². The molecule has 3 aromatic heterocycles. The summed E-state index contributed by atoms with van der Waals surface area (Å²) in [6, 6.07) is 4.46. The summed E-state index contributed by atoms with van der Waals surface area (Å²) in [5.41, 5.74) is 5.44. The minimum absolute atomic E-state index is 0.0201. The minimum Gasteiger partial charge on any atom is -0.478 e. The number of likely N-dealkylation sites (tertiary alicyclic amines) is 1. The molecule has 0 aliphatic carbocycles. The number of carbonyl (C=O) groups is 1. The molecule has 1 amide bonds. The summed E-state index contributed by atoms with van der Waals surface area (Å²) < 4.78 is 35.4. The number of ether oxygens (including phenoxy) is 1. The highest BCUT2D eigenvalue weighted by molar-refractivity contribution is 5.97. The molecule has 2 atom stereocenters. The van der Waals surface area contributed by atoms with Gasteiger partial charge in [-0.15, -0.1) is 0 Å². The second kappa shape index (κ2) is 12.2. The van der Waals surface area contributed by atoms with Crippen LogP contribution in [-0.4, -0.2) is 76.1 Å². The van der Waals surface area contributed by atoms with Gasteiger partial charge < -0.3 is 26.0 Å². The van der Waals surface area contributed by atoms with Gasteiger partial charge in [-0.2, -0.15) is 4.39 Å². The van der Waals surface area contributed by atoms with Crippen molar-refractivity contribution in [2.45, 2.75) is 38.8 Å². The van der Waals surface area contributed by atoms with Crippen molar-refractivity contribution in [3.8, 4) is 28.5 Å². The summed E-state index contributed by atoms with van der Waals surface area (Å²) in [7, 11) is 1.85. The van der Waals surface area contributed by atoms with E-state index in [9.17, 15) is 9.18 Å². The van der Waals surface area contributed by atoms with Crippen LogP contribution in [0.15, 0.2) is 30.6 Å². The highest BCUT2D eigenvalue weighted by atomic mass is 19.1. The number of anilines is 1. The molecule has 10 nitrogen and oxygen atoms in total. The molecule has 1 aliphatic rings. The van der Waals surface area contributed by atoms with E-state index in [1.54, 1.807) is 12.1 Å². The maximum Gasteiger partial charge on any atom is 0.256 e. The van der Waals surface area contributed by atoms with E-state index < -0.39 is 23.5 Å². The summed E-state index contributed by atoms with van der Waals surface area (Å²) in [6.45, 7) is 6.74. The molecule has 4 heterocycles. The molecule has 0 saturated carbocycles. The summed E-state index contributed by atoms with van der Waals surface area (Å²) in [5, 5.41) is 6.28. The number of rotatable bonds is 8. The molecule has 12 heteroatoms. The van der Waals surface area contributed by atoms with Gasteiger partial charge in [0.1, 0.15) is 11.4 Å². The molecule has 3 aromatic rings. The highest BCUT2D eigenvalue weighted by Crippen LogP contribution is 2.28. The van der Waals surface area contributed by atoms with Gasteiger partial charge in [-0.05, 0) is 52.0 Å². The lowest BCUT2D eigenvalue weighted by atomic mass is 10.0. The third-order valence-electron chi connectivity index (χ3n) is 6.59. The number of nitrogens with zero attached hydrogens (tertiary/aromatic N) is 5. The molecule has 4 rings (SSSR count). The summed E-state index contributed by atoms with van der Waals surface area (Å²) in [6.07, 6.45) is 4.47. The largest absolute Gasteiger partial charge is 0.478 e. The van der Waals surface area contributed by atoms with Crippen molar-refractivity contribution >= 4 is 11.7 Å². The van der Waals surface area contributed by atoms with Gasteiger partial charge in [0.25, 0.3) is 11.9 Å². The quantitative estimate of drug-likeness (QED) is 0.405. The van der Waals surface area contributed by atoms with Crippen LogP contribution in [0.5, 0.6) is 5.88 Å². The van der Waals surface area contributed by atoms with E-state index in [0.717, 1.165) is 32.1 Å². The Kier molecular flexibility index (Phi) is 8.74. The van der Waals surface area contributed by atoms with Crippen molar-refractivity contribution in [2.24, 2.45) is 0 Å². The van der Waals surface area contributed by atoms with E-state index in [1.165, 1.54) is 12.3 Å². The number of likely N-dealkylation sites (N-methyl/N-ethyl adjacent to an activating group) is 2. The second-order valence-corrected chi connectivity index (χ2v) is 8.98. The van der Waals surface area contributed by atoms with Crippen molar-refractivity contribution in [3.63, 3.8) is 0 Å². The number of aromatic nitrogens is 4. The molecule has 0 radical (unpaired) electrons. The molecule has 38 heavy (non-hydrogen) atoms. The van der Waals surface area contributed by atoms with Crippen molar-refractivity contribution in [3.05, 3.63) is 47.9 Å². The molecule has 1 saturated heterocycles. The number of amides is 1. The van der Waals surface area contributed by atoms with Crippen LogP contribution in [-0.2, 0) is 0 Å². The summed E-state index contributed by atoms with van der Waals surface area (Å²) in [4.78, 5) is 31.8. The Bertz CT molecular complexity index is 1270. The zero-order valence-corrected chi connectivity index (χ0v) is 21.7. The normalized spacial score (nSPS) is 18.1. The predicted molar refractivity (Wildman–Crippen MR) is 139 cm³/mol. The Morgan fingerprint density at radius 1 is 1.16 bits per heavy atom. The average molecular weight is 527 g/mol. The van der Waals surface area contributed by atoms with Gasteiger partial charge in [-0.25, -0.2) is 24.3 Å². The summed E-state index contributed by atoms with van der Waals surface area (Å²) in [5.74, 6) is -2.62. The average Bonchev–Trinajstić information content (AvgIpc) is 3.12. The van der Waals surface area contributed by atoms with Gasteiger partial charge >= 0.3 is 0 Å². The van der Waals surface area contributed by atoms with Crippen molar-refractivity contribution in [1.29, 1.82) is 0 Å². The molecule has 202 valence electrons. The number of nitrogens with two attached hydrogens (primary N) is 1. The van der Waals surface area contributed by atoms with E-state index in [2.05, 4.69) is 42.4 Å². The van der Waals surface area contributed by atoms with E-state index >= 15 is 4.39 Å². The van der Waals surface area contributed by atoms with E-state index in [1.807, 2.05) is 14.0 Å². The molecular formula is C26H32F2N8O2. The van der Waals surface area contributed by atoms with Gasteiger partial charge in [0.2, 0.25) is 5.88 Å². The first-order chi connectivity index (χ1) is 18.3. The van der Waals surface area contributed by atoms with Gasteiger partial charge in [0, 0.05) is 30.4 Å². The zero-order valence-electron chi connectivity index (χ0n) is 21.7. The SMILES string of the molecule is CCOc1ccc(-c2cc(C(=O)NC3CN(CC)CCCC3NC)c(F)c(-c3cnc(N)c(F)n3)n2)cn1. The van der Waals surface area contributed by atoms with E-state index in [-0.39, 0.29) is 34.7 Å². The lowest BCUT2D eigenvalue weighted by Crippen LogP contribution is -2.53. The second-order valence-electron chi connectivity index (χ2n) is 8.98. The van der Waals surface area contributed by atoms with Gasteiger partial charge in [0.05, 0.1) is 30.1 Å². The van der Waals surface area contributed by atoms with E-state index in [0.29, 0.717) is 24.6 Å². The third-order valence-corrected chi connectivity index (χ3v) is 6.59. The third kappa shape index (κ3) is 6.03. The maximum atomic E-state index is 15.9. The number of nitrogen functional groups attached to an aromatic ring is 1. The van der Waals surface area contributed by atoms with Crippen molar-refractivity contribution in [2.75, 3.05) is 39.0 Å². The molecule has 1 fully saturated rings. The number of pyridine rings is 2. The lowest BCUT2D eigenvalue weighted by Gasteiger charge is -2.29. The number of hydrogen-bond acceptors (Lipinski definition) is 9. The van der Waals surface area contributed by atoms with Crippen LogP contribution in [0.25, 0.3) is 22.6 Å². The van der Waals surface area contributed by atoms with Crippen LogP contribution in [0.1, 0.15) is 37.0 Å². The number of halogens is 2. The highest BCUT2D eigenvalue weighted by Gasteiger charge is 2.29. The minimum atomic E-state index is -1.06. The summed E-state index contributed by atoms with van der Waals surface area (Å²) >= 11 is 0. The molecule has 2 unspecified atom stereocenters. The molecule has 0 aromatic carbocycles. The van der Waals surface area contributed by atoms with Crippen LogP contribution in [0.3, 0.4) is 0 Å². The first-order valence-corrected chi connectivity index (χ1v) is 12.6. The Hall–Kier alpha value is -3.77. The van der Waals surface area contributed by atoms with Crippen LogP contribution in [0.2, 0.25) is 0 Å². The smallest absolute Gasteiger partial charge is 0.256 e. The van der Waals surface area contributed by atoms with Crippen LogP contribution < -0.4 is 21.1 Å². The predicted octanol–water partition coefficient (Wildman–Crippen LogP) is 2.66. The number of nitrogens with one attached hydrogen (secondary N) is 2. The Morgan fingerprint density at radius 3 is 2.63 bits per heavy atom. The molecule has 4 N–H and O–H groups in total. The van der Waals surface area contributed by atoms with Crippen LogP contribution >= 0.6 is 0 Å². The van der Waals surface area contributed by atoms with Gasteiger partial charge in [-0.3, -0.25) is 4.79 Å². The number of carbonyl (C=O) groups excluding carboxylic acids is 1. The van der Waals surface area contributed by atoms with Crippen molar-refractivity contribution < 1.29 is 18.3 Å². The van der Waals surface area contributed by atoms with Crippen LogP contribution in [0.4, 0.5) is 14.6 Å². The molecule has 1 aliphatic heterocycles. The fraction of sp³-hybridized carbons (Fsp3) is 0.423. The fourth-order valence-electron chi connectivity index (χ4n) is 4.53. The molecular weight excluding hydrogens is 494 g/mol.